The van der Waals surface area contributed by atoms with Gasteiger partial charge < -0.3 is 9.88 Å². The average Bonchev–Trinajstić information content (AvgIpc) is 3.22. The fourth-order valence-corrected chi connectivity index (χ4v) is 3.61. The van der Waals surface area contributed by atoms with Gasteiger partial charge in [0.25, 0.3) is 5.56 Å². The molecule has 8 heteroatoms. The number of carbonyl (C=O) groups is 1. The second-order valence-corrected chi connectivity index (χ2v) is 8.24. The van der Waals surface area contributed by atoms with Crippen LogP contribution in [0.1, 0.15) is 37.3 Å². The van der Waals surface area contributed by atoms with Crippen LogP contribution in [0.4, 0.5) is 8.78 Å². The number of benzene rings is 2. The lowest BCUT2D eigenvalue weighted by Gasteiger charge is -2.08. The van der Waals surface area contributed by atoms with Crippen LogP contribution in [0, 0.1) is 11.6 Å². The van der Waals surface area contributed by atoms with Gasteiger partial charge in [-0.1, -0.05) is 38.1 Å². The smallest absolute Gasteiger partial charge is 0.276 e. The minimum Gasteiger partial charge on any atom is -0.352 e. The van der Waals surface area contributed by atoms with Crippen LogP contribution in [0.2, 0.25) is 0 Å². The summed E-state index contributed by atoms with van der Waals surface area (Å²) in [7, 11) is 0. The molecule has 0 aliphatic carbocycles. The van der Waals surface area contributed by atoms with Crippen LogP contribution < -0.4 is 10.9 Å². The largest absolute Gasteiger partial charge is 0.352 e. The van der Waals surface area contributed by atoms with Crippen molar-refractivity contribution in [2.45, 2.75) is 39.3 Å². The minimum atomic E-state index is -0.699. The third-order valence-corrected chi connectivity index (χ3v) is 5.47. The fraction of sp³-hybridized carbons (Fsp3) is 0.240. The third kappa shape index (κ3) is 5.16. The molecule has 0 saturated carbocycles. The van der Waals surface area contributed by atoms with E-state index in [9.17, 15) is 18.4 Å². The first-order valence-corrected chi connectivity index (χ1v) is 10.7. The van der Waals surface area contributed by atoms with Gasteiger partial charge in [-0.2, -0.15) is 5.10 Å². The van der Waals surface area contributed by atoms with Crippen LogP contribution in [-0.4, -0.2) is 20.1 Å². The molecule has 4 rings (SSSR count). The molecule has 0 unspecified atom stereocenters. The van der Waals surface area contributed by atoms with E-state index >= 15 is 0 Å². The van der Waals surface area contributed by atoms with Gasteiger partial charge in [0.2, 0.25) is 5.91 Å². The molecule has 0 aliphatic heterocycles. The zero-order valence-corrected chi connectivity index (χ0v) is 18.4. The number of halogens is 2. The predicted octanol–water partition coefficient (Wildman–Crippen LogP) is 4.27. The molecule has 1 N–H and O–H groups in total. The van der Waals surface area contributed by atoms with Crippen molar-refractivity contribution in [3.05, 3.63) is 94.0 Å². The summed E-state index contributed by atoms with van der Waals surface area (Å²) in [4.78, 5) is 25.0. The maximum Gasteiger partial charge on any atom is 0.276 e. The van der Waals surface area contributed by atoms with Crippen LogP contribution >= 0.6 is 0 Å². The Kier molecular flexibility index (Phi) is 6.35. The highest BCUT2D eigenvalue weighted by molar-refractivity contribution is 5.75. The molecule has 0 saturated heterocycles. The van der Waals surface area contributed by atoms with Crippen LogP contribution in [-0.2, 0) is 17.9 Å². The summed E-state index contributed by atoms with van der Waals surface area (Å²) < 4.78 is 29.5. The molecule has 1 amide bonds. The van der Waals surface area contributed by atoms with Crippen molar-refractivity contribution < 1.29 is 13.6 Å². The van der Waals surface area contributed by atoms with Crippen molar-refractivity contribution >= 4 is 11.4 Å². The summed E-state index contributed by atoms with van der Waals surface area (Å²) in [6.07, 6.45) is 3.31. The van der Waals surface area contributed by atoms with Crippen molar-refractivity contribution in [2.24, 2.45) is 0 Å². The van der Waals surface area contributed by atoms with Gasteiger partial charge in [-0.05, 0) is 35.2 Å². The molecular formula is C25H24F2N4O2. The SMILES string of the molecule is CC(C)c1ccc(-c2cc3c(=O)n(CCC(=O)NCc4cc(F)cc(F)c4)ccn3n2)cc1. The number of hydrogen-bond acceptors (Lipinski definition) is 3. The minimum absolute atomic E-state index is 0.00300. The van der Waals surface area contributed by atoms with Gasteiger partial charge in [-0.3, -0.25) is 9.59 Å². The van der Waals surface area contributed by atoms with Gasteiger partial charge in [-0.15, -0.1) is 0 Å². The molecule has 170 valence electrons. The summed E-state index contributed by atoms with van der Waals surface area (Å²) in [6.45, 7) is 4.43. The van der Waals surface area contributed by atoms with Gasteiger partial charge in [0, 0.05) is 43.5 Å². The molecule has 2 heterocycles. The number of aryl methyl sites for hydroxylation is 1. The lowest BCUT2D eigenvalue weighted by molar-refractivity contribution is -0.121. The summed E-state index contributed by atoms with van der Waals surface area (Å²) in [5.41, 5.74) is 3.33. The van der Waals surface area contributed by atoms with E-state index in [0.29, 0.717) is 22.7 Å². The van der Waals surface area contributed by atoms with E-state index < -0.39 is 11.6 Å². The van der Waals surface area contributed by atoms with Crippen LogP contribution in [0.3, 0.4) is 0 Å². The molecule has 0 fully saturated rings. The highest BCUT2D eigenvalue weighted by Crippen LogP contribution is 2.22. The highest BCUT2D eigenvalue weighted by Gasteiger charge is 2.11. The van der Waals surface area contributed by atoms with Gasteiger partial charge in [-0.25, -0.2) is 13.3 Å². The lowest BCUT2D eigenvalue weighted by Crippen LogP contribution is -2.27. The van der Waals surface area contributed by atoms with Gasteiger partial charge in [0.1, 0.15) is 17.2 Å². The number of nitrogens with one attached hydrogen (secondary N) is 1. The Morgan fingerprint density at radius 3 is 2.39 bits per heavy atom. The maximum atomic E-state index is 13.3. The predicted molar refractivity (Wildman–Crippen MR) is 122 cm³/mol. The topological polar surface area (TPSA) is 68.4 Å². The van der Waals surface area contributed by atoms with Crippen LogP contribution in [0.25, 0.3) is 16.8 Å². The van der Waals surface area contributed by atoms with E-state index in [4.69, 9.17) is 0 Å². The van der Waals surface area contributed by atoms with E-state index in [-0.39, 0.29) is 31.0 Å². The molecule has 0 radical (unpaired) electrons. The summed E-state index contributed by atoms with van der Waals surface area (Å²) in [5, 5.41) is 7.11. The third-order valence-electron chi connectivity index (χ3n) is 5.47. The second-order valence-electron chi connectivity index (χ2n) is 8.24. The first-order valence-electron chi connectivity index (χ1n) is 10.7. The average molecular weight is 450 g/mol. The molecule has 0 spiro atoms. The molecule has 0 bridgehead atoms. The van der Waals surface area contributed by atoms with Crippen molar-refractivity contribution in [3.8, 4) is 11.3 Å². The molecule has 2 aromatic carbocycles. The fourth-order valence-electron chi connectivity index (χ4n) is 3.61. The Bertz CT molecular complexity index is 1340. The van der Waals surface area contributed by atoms with E-state index in [1.165, 1.54) is 14.6 Å². The Hall–Kier alpha value is -3.81. The van der Waals surface area contributed by atoms with Crippen molar-refractivity contribution in [2.75, 3.05) is 0 Å². The normalized spacial score (nSPS) is 11.3. The lowest BCUT2D eigenvalue weighted by atomic mass is 10.0. The zero-order chi connectivity index (χ0) is 23.5. The van der Waals surface area contributed by atoms with Crippen LogP contribution in [0.5, 0.6) is 0 Å². The number of rotatable bonds is 7. The highest BCUT2D eigenvalue weighted by atomic mass is 19.1. The zero-order valence-electron chi connectivity index (χ0n) is 18.4. The Balaban J connectivity index is 1.43. The molecule has 0 atom stereocenters. The second kappa shape index (κ2) is 9.36. The Labute approximate surface area is 189 Å². The van der Waals surface area contributed by atoms with Gasteiger partial charge >= 0.3 is 0 Å². The Morgan fingerprint density at radius 2 is 1.73 bits per heavy atom. The molecule has 0 aliphatic rings. The number of amides is 1. The quantitative estimate of drug-likeness (QED) is 0.457. The monoisotopic (exact) mass is 450 g/mol. The van der Waals surface area contributed by atoms with Crippen molar-refractivity contribution in [1.82, 2.24) is 19.5 Å². The van der Waals surface area contributed by atoms with E-state index in [2.05, 4.69) is 36.4 Å². The summed E-state index contributed by atoms with van der Waals surface area (Å²) in [6, 6.07) is 12.9. The van der Waals surface area contributed by atoms with Crippen molar-refractivity contribution in [1.29, 1.82) is 0 Å². The molecular weight excluding hydrogens is 426 g/mol. The molecule has 2 aromatic heterocycles. The Morgan fingerprint density at radius 1 is 1.03 bits per heavy atom. The van der Waals surface area contributed by atoms with Crippen molar-refractivity contribution in [3.63, 3.8) is 0 Å². The van der Waals surface area contributed by atoms with Crippen LogP contribution in [0.15, 0.2) is 65.7 Å². The number of nitrogens with zero attached hydrogens (tertiary/aromatic N) is 3. The first-order chi connectivity index (χ1) is 15.8. The van der Waals surface area contributed by atoms with E-state index in [1.807, 2.05) is 12.1 Å². The van der Waals surface area contributed by atoms with Gasteiger partial charge in [0.15, 0.2) is 0 Å². The number of aromatic nitrogens is 3. The number of hydrogen-bond donors (Lipinski definition) is 1. The maximum absolute atomic E-state index is 13.3. The van der Waals surface area contributed by atoms with E-state index in [0.717, 1.165) is 23.8 Å². The molecule has 4 aromatic rings. The van der Waals surface area contributed by atoms with Gasteiger partial charge in [0.05, 0.1) is 5.69 Å². The summed E-state index contributed by atoms with van der Waals surface area (Å²) in [5.74, 6) is -1.30. The number of fused-ring (bicyclic) bond motifs is 1. The van der Waals surface area contributed by atoms with E-state index in [1.54, 1.807) is 18.5 Å². The first kappa shape index (κ1) is 22.4. The molecule has 6 nitrogen and oxygen atoms in total. The molecule has 33 heavy (non-hydrogen) atoms. The standard InChI is InChI=1S/C25H24F2N4O2/c1-16(2)18-3-5-19(6-4-18)22-14-23-25(33)30(9-10-31(23)29-22)8-7-24(32)28-15-17-11-20(26)13-21(27)12-17/h3-6,9-14,16H,7-8,15H2,1-2H3,(H,28,32). The number of carbonyl (C=O) groups excluding carboxylic acids is 1. The summed E-state index contributed by atoms with van der Waals surface area (Å²) >= 11 is 0.